The molecule has 3 aromatic rings. The molecule has 23 heavy (non-hydrogen) atoms. The van der Waals surface area contributed by atoms with Crippen LogP contribution in [-0.2, 0) is 0 Å². The number of carbonyl (C=O) groups is 1. The number of rotatable bonds is 3. The molecule has 0 unspecified atom stereocenters. The number of aromatic nitrogens is 2. The maximum atomic E-state index is 12.6. The molecule has 3 rings (SSSR count). The highest BCUT2D eigenvalue weighted by Crippen LogP contribution is 2.27. The van der Waals surface area contributed by atoms with Gasteiger partial charge in [-0.2, -0.15) is 0 Å². The highest BCUT2D eigenvalue weighted by molar-refractivity contribution is 6.28. The lowest BCUT2D eigenvalue weighted by atomic mass is 9.98. The van der Waals surface area contributed by atoms with Crippen molar-refractivity contribution in [2.75, 3.05) is 0 Å². The summed E-state index contributed by atoms with van der Waals surface area (Å²) in [5, 5.41) is 0.0736. The molecule has 0 bridgehead atoms. The van der Waals surface area contributed by atoms with Crippen LogP contribution in [0.2, 0.25) is 5.28 Å². The van der Waals surface area contributed by atoms with E-state index in [4.69, 9.17) is 11.6 Å². The maximum absolute atomic E-state index is 12.6. The average Bonchev–Trinajstić information content (AvgIpc) is 2.54. The highest BCUT2D eigenvalue weighted by Gasteiger charge is 2.15. The Morgan fingerprint density at radius 3 is 2.22 bits per heavy atom. The zero-order valence-electron chi connectivity index (χ0n) is 12.9. The summed E-state index contributed by atoms with van der Waals surface area (Å²) < 4.78 is 0. The molecule has 3 nitrogen and oxygen atoms in total. The highest BCUT2D eigenvalue weighted by atomic mass is 35.5. The first-order valence-corrected chi connectivity index (χ1v) is 7.65. The van der Waals surface area contributed by atoms with Crippen molar-refractivity contribution in [3.05, 3.63) is 82.3 Å². The van der Waals surface area contributed by atoms with Gasteiger partial charge in [-0.05, 0) is 42.6 Å². The van der Waals surface area contributed by atoms with Crippen LogP contribution in [0.5, 0.6) is 0 Å². The lowest BCUT2D eigenvalue weighted by molar-refractivity contribution is 0.103. The van der Waals surface area contributed by atoms with Gasteiger partial charge in [0, 0.05) is 11.1 Å². The molecule has 0 aliphatic carbocycles. The van der Waals surface area contributed by atoms with Crippen LogP contribution in [0.25, 0.3) is 11.3 Å². The zero-order chi connectivity index (χ0) is 16.4. The van der Waals surface area contributed by atoms with Gasteiger partial charge in [0.15, 0.2) is 0 Å². The number of aryl methyl sites for hydroxylation is 2. The molecular weight excluding hydrogens is 308 g/mol. The second-order valence-electron chi connectivity index (χ2n) is 5.37. The number of carbonyl (C=O) groups excluding carboxylic acids is 1. The summed E-state index contributed by atoms with van der Waals surface area (Å²) in [5.41, 5.74) is 4.69. The number of hydrogen-bond donors (Lipinski definition) is 0. The van der Waals surface area contributed by atoms with E-state index in [9.17, 15) is 4.79 Å². The van der Waals surface area contributed by atoms with Crippen molar-refractivity contribution in [1.82, 2.24) is 9.97 Å². The van der Waals surface area contributed by atoms with E-state index in [1.54, 1.807) is 18.2 Å². The normalized spacial score (nSPS) is 10.6. The van der Waals surface area contributed by atoms with Crippen molar-refractivity contribution < 1.29 is 4.79 Å². The Hall–Kier alpha value is -2.52. The van der Waals surface area contributed by atoms with Crippen LogP contribution in [0.15, 0.2) is 54.6 Å². The van der Waals surface area contributed by atoms with Gasteiger partial charge in [-0.25, -0.2) is 9.97 Å². The van der Waals surface area contributed by atoms with Crippen molar-refractivity contribution in [2.45, 2.75) is 13.8 Å². The minimum absolute atomic E-state index is 0.0736. The predicted molar refractivity (Wildman–Crippen MR) is 91.8 cm³/mol. The molecule has 1 aromatic heterocycles. The Morgan fingerprint density at radius 1 is 0.913 bits per heavy atom. The second-order valence-corrected chi connectivity index (χ2v) is 5.71. The van der Waals surface area contributed by atoms with Gasteiger partial charge >= 0.3 is 0 Å². The third kappa shape index (κ3) is 3.15. The van der Waals surface area contributed by atoms with E-state index < -0.39 is 0 Å². The van der Waals surface area contributed by atoms with E-state index in [0.717, 1.165) is 16.7 Å². The van der Waals surface area contributed by atoms with Gasteiger partial charge in [0.2, 0.25) is 11.1 Å². The molecule has 0 saturated heterocycles. The van der Waals surface area contributed by atoms with Gasteiger partial charge in [-0.15, -0.1) is 0 Å². The number of nitrogens with zero attached hydrogens (tertiary/aromatic N) is 2. The molecule has 0 radical (unpaired) electrons. The van der Waals surface area contributed by atoms with Crippen LogP contribution in [0.4, 0.5) is 0 Å². The molecule has 0 amide bonds. The van der Waals surface area contributed by atoms with Crippen LogP contribution in [0, 0.1) is 13.8 Å². The average molecular weight is 323 g/mol. The first kappa shape index (κ1) is 15.4. The molecule has 0 atom stereocenters. The monoisotopic (exact) mass is 322 g/mol. The summed E-state index contributed by atoms with van der Waals surface area (Å²) in [6.07, 6.45) is 0. The third-order valence-corrected chi connectivity index (χ3v) is 3.87. The molecule has 0 N–H and O–H groups in total. The summed E-state index contributed by atoms with van der Waals surface area (Å²) in [6.45, 7) is 4.02. The summed E-state index contributed by atoms with van der Waals surface area (Å²) in [7, 11) is 0. The van der Waals surface area contributed by atoms with Crippen molar-refractivity contribution >= 4 is 17.4 Å². The Balaban J connectivity index is 2.12. The lowest BCUT2D eigenvalue weighted by Crippen LogP contribution is -2.06. The van der Waals surface area contributed by atoms with E-state index in [1.807, 2.05) is 50.2 Å². The molecule has 0 fully saturated rings. The number of ketones is 1. The zero-order valence-corrected chi connectivity index (χ0v) is 13.6. The van der Waals surface area contributed by atoms with Crippen LogP contribution in [-0.4, -0.2) is 15.8 Å². The predicted octanol–water partition coefficient (Wildman–Crippen LogP) is 4.64. The summed E-state index contributed by atoms with van der Waals surface area (Å²) in [4.78, 5) is 21.0. The van der Waals surface area contributed by atoms with Crippen LogP contribution in [0.3, 0.4) is 0 Å². The van der Waals surface area contributed by atoms with Gasteiger partial charge in [-0.3, -0.25) is 4.79 Å². The smallest absolute Gasteiger partial charge is 0.223 e. The number of hydrogen-bond acceptors (Lipinski definition) is 3. The fourth-order valence-electron chi connectivity index (χ4n) is 2.62. The molecule has 1 heterocycles. The Bertz CT molecular complexity index is 856. The molecule has 0 aliphatic rings. The van der Waals surface area contributed by atoms with Gasteiger partial charge in [0.1, 0.15) is 5.69 Å². The molecule has 0 saturated carbocycles. The van der Waals surface area contributed by atoms with Crippen LogP contribution < -0.4 is 0 Å². The Morgan fingerprint density at radius 2 is 1.57 bits per heavy atom. The van der Waals surface area contributed by atoms with E-state index >= 15 is 0 Å². The summed E-state index contributed by atoms with van der Waals surface area (Å²) in [6, 6.07) is 16.8. The Kier molecular flexibility index (Phi) is 4.22. The largest absolute Gasteiger partial charge is 0.287 e. The quantitative estimate of drug-likeness (QED) is 0.521. The fourth-order valence-corrected chi connectivity index (χ4v) is 2.80. The number of benzene rings is 2. The maximum Gasteiger partial charge on any atom is 0.223 e. The molecule has 114 valence electrons. The van der Waals surface area contributed by atoms with E-state index in [0.29, 0.717) is 17.0 Å². The fraction of sp³-hybridized carbons (Fsp3) is 0.105. The van der Waals surface area contributed by atoms with E-state index in [-0.39, 0.29) is 11.1 Å². The van der Waals surface area contributed by atoms with Crippen molar-refractivity contribution in [3.8, 4) is 11.3 Å². The van der Waals surface area contributed by atoms with Crippen molar-refractivity contribution in [1.29, 1.82) is 0 Å². The van der Waals surface area contributed by atoms with Crippen LogP contribution >= 0.6 is 11.6 Å². The summed E-state index contributed by atoms with van der Waals surface area (Å²) in [5.74, 6) is -0.164. The van der Waals surface area contributed by atoms with E-state index in [2.05, 4.69) is 9.97 Å². The number of halogens is 1. The molecular formula is C19H15ClN2O. The van der Waals surface area contributed by atoms with Gasteiger partial charge in [0.05, 0.1) is 5.69 Å². The Labute approximate surface area is 140 Å². The first-order valence-electron chi connectivity index (χ1n) is 7.27. The first-order chi connectivity index (χ1) is 11.1. The van der Waals surface area contributed by atoms with Crippen LogP contribution in [0.1, 0.15) is 27.2 Å². The summed E-state index contributed by atoms with van der Waals surface area (Å²) >= 11 is 6.06. The molecule has 0 spiro atoms. The molecule has 0 aliphatic heterocycles. The van der Waals surface area contributed by atoms with E-state index in [1.165, 1.54) is 0 Å². The van der Waals surface area contributed by atoms with Gasteiger partial charge in [0.25, 0.3) is 0 Å². The molecule has 4 heteroatoms. The molecule has 2 aromatic carbocycles. The van der Waals surface area contributed by atoms with Gasteiger partial charge < -0.3 is 0 Å². The third-order valence-electron chi connectivity index (χ3n) is 3.70. The van der Waals surface area contributed by atoms with Crippen molar-refractivity contribution in [2.24, 2.45) is 0 Å². The standard InChI is InChI=1S/C19H15ClN2O/c1-12-7-6-8-13(2)17(12)15-11-16(22-19(20)21-15)18(23)14-9-4-3-5-10-14/h3-11H,1-2H3. The SMILES string of the molecule is Cc1cccc(C)c1-c1cc(C(=O)c2ccccc2)nc(Cl)n1. The lowest BCUT2D eigenvalue weighted by Gasteiger charge is -2.10. The van der Waals surface area contributed by atoms with Crippen molar-refractivity contribution in [3.63, 3.8) is 0 Å². The van der Waals surface area contributed by atoms with Gasteiger partial charge in [-0.1, -0.05) is 48.5 Å². The second kappa shape index (κ2) is 6.31. The minimum atomic E-state index is -0.164. The topological polar surface area (TPSA) is 42.9 Å². The minimum Gasteiger partial charge on any atom is -0.287 e.